The highest BCUT2D eigenvalue weighted by Crippen LogP contribution is 2.28. The van der Waals surface area contributed by atoms with Crippen molar-refractivity contribution >= 4 is 40.0 Å². The zero-order chi connectivity index (χ0) is 23.5. The first-order valence-electron chi connectivity index (χ1n) is 11.4. The Morgan fingerprint density at radius 2 is 1.76 bits per heavy atom. The van der Waals surface area contributed by atoms with E-state index in [9.17, 15) is 9.59 Å². The molecule has 2 aromatic carbocycles. The van der Waals surface area contributed by atoms with Gasteiger partial charge in [-0.25, -0.2) is 4.98 Å². The maximum absolute atomic E-state index is 13.0. The number of hydrogen-bond acceptors (Lipinski definition) is 4. The lowest BCUT2D eigenvalue weighted by molar-refractivity contribution is -0.367. The van der Waals surface area contributed by atoms with E-state index in [1.807, 2.05) is 42.6 Å². The predicted molar refractivity (Wildman–Crippen MR) is 132 cm³/mol. The van der Waals surface area contributed by atoms with Crippen LogP contribution in [0.5, 0.6) is 0 Å². The molecule has 0 bridgehead atoms. The highest BCUT2D eigenvalue weighted by atomic mass is 16.2. The van der Waals surface area contributed by atoms with Crippen molar-refractivity contribution in [3.8, 4) is 0 Å². The highest BCUT2D eigenvalue weighted by Gasteiger charge is 2.30. The molecule has 8 nitrogen and oxygen atoms in total. The van der Waals surface area contributed by atoms with Gasteiger partial charge in [0, 0.05) is 29.1 Å². The first-order chi connectivity index (χ1) is 16.6. The van der Waals surface area contributed by atoms with E-state index in [4.69, 9.17) is 0 Å². The predicted octanol–water partition coefficient (Wildman–Crippen LogP) is 3.79. The number of amides is 2. The van der Waals surface area contributed by atoms with E-state index < -0.39 is 0 Å². The van der Waals surface area contributed by atoms with Crippen LogP contribution in [0.25, 0.3) is 11.0 Å². The molecule has 3 heterocycles. The second-order valence-corrected chi connectivity index (χ2v) is 8.60. The van der Waals surface area contributed by atoms with Crippen LogP contribution in [-0.4, -0.2) is 34.9 Å². The summed E-state index contributed by atoms with van der Waals surface area (Å²) in [7, 11) is 0. The quantitative estimate of drug-likeness (QED) is 0.426. The summed E-state index contributed by atoms with van der Waals surface area (Å²) in [5, 5.41) is 7.00. The number of H-pyrrole nitrogens is 2. The van der Waals surface area contributed by atoms with Crippen molar-refractivity contribution in [2.45, 2.75) is 19.8 Å². The van der Waals surface area contributed by atoms with Gasteiger partial charge in [0.25, 0.3) is 5.91 Å². The fraction of sp³-hybridized carbons (Fsp3) is 0.231. The fourth-order valence-corrected chi connectivity index (χ4v) is 4.47. The SMILES string of the molecule is Cc1c[nH]c2nc[nH+]c(N3CCC(C(=O)Nc4cccc(NC(=O)c5ccccc5)c4)CC3)c12. The molecule has 172 valence electrons. The minimum Gasteiger partial charge on any atom is -0.332 e. The van der Waals surface area contributed by atoms with Crippen LogP contribution in [-0.2, 0) is 4.79 Å². The van der Waals surface area contributed by atoms with Gasteiger partial charge in [0.05, 0.1) is 13.1 Å². The van der Waals surface area contributed by atoms with Crippen molar-refractivity contribution in [2.75, 3.05) is 28.6 Å². The summed E-state index contributed by atoms with van der Waals surface area (Å²) in [5.41, 5.74) is 3.91. The third-order valence-corrected chi connectivity index (χ3v) is 6.29. The lowest BCUT2D eigenvalue weighted by Gasteiger charge is -2.28. The third-order valence-electron chi connectivity index (χ3n) is 6.29. The molecule has 5 rings (SSSR count). The molecule has 0 saturated carbocycles. The number of hydrogen-bond donors (Lipinski definition) is 3. The Kier molecular flexibility index (Phi) is 5.95. The molecule has 2 amide bonds. The summed E-state index contributed by atoms with van der Waals surface area (Å²) in [6, 6.07) is 16.3. The van der Waals surface area contributed by atoms with Crippen LogP contribution in [0.4, 0.5) is 17.2 Å². The zero-order valence-electron chi connectivity index (χ0n) is 19.0. The number of nitrogens with zero attached hydrogens (tertiary/aromatic N) is 2. The van der Waals surface area contributed by atoms with Gasteiger partial charge in [-0.1, -0.05) is 29.2 Å². The molecule has 1 aliphatic rings. The van der Waals surface area contributed by atoms with Crippen molar-refractivity contribution in [1.29, 1.82) is 0 Å². The number of fused-ring (bicyclic) bond motifs is 1. The average Bonchev–Trinajstić information content (AvgIpc) is 3.26. The smallest absolute Gasteiger partial charge is 0.255 e. The van der Waals surface area contributed by atoms with Crippen molar-refractivity contribution in [2.24, 2.45) is 5.92 Å². The Bertz CT molecular complexity index is 1330. The van der Waals surface area contributed by atoms with Gasteiger partial charge < -0.3 is 15.6 Å². The molecule has 0 atom stereocenters. The van der Waals surface area contributed by atoms with Gasteiger partial charge in [-0.05, 0) is 55.7 Å². The van der Waals surface area contributed by atoms with Gasteiger partial charge in [0.15, 0.2) is 0 Å². The summed E-state index contributed by atoms with van der Waals surface area (Å²) >= 11 is 0. The lowest BCUT2D eigenvalue weighted by atomic mass is 9.95. The van der Waals surface area contributed by atoms with E-state index in [1.54, 1.807) is 24.5 Å². The number of aryl methyl sites for hydroxylation is 1. The Balaban J connectivity index is 1.20. The zero-order valence-corrected chi connectivity index (χ0v) is 19.0. The minimum absolute atomic E-state index is 0.00728. The lowest BCUT2D eigenvalue weighted by Crippen LogP contribution is -2.40. The van der Waals surface area contributed by atoms with Crippen LogP contribution in [0.2, 0.25) is 0 Å². The average molecular weight is 456 g/mol. The van der Waals surface area contributed by atoms with Gasteiger partial charge in [-0.3, -0.25) is 14.5 Å². The van der Waals surface area contributed by atoms with Crippen molar-refractivity contribution in [3.05, 3.63) is 78.2 Å². The number of rotatable bonds is 5. The summed E-state index contributed by atoms with van der Waals surface area (Å²) in [6.07, 6.45) is 5.19. The number of anilines is 3. The fourth-order valence-electron chi connectivity index (χ4n) is 4.47. The highest BCUT2D eigenvalue weighted by molar-refractivity contribution is 6.04. The summed E-state index contributed by atoms with van der Waals surface area (Å²) in [5.74, 6) is 0.803. The topological polar surface area (TPSA) is 104 Å². The van der Waals surface area contributed by atoms with Crippen molar-refractivity contribution in [1.82, 2.24) is 9.97 Å². The van der Waals surface area contributed by atoms with Crippen LogP contribution in [0.15, 0.2) is 67.1 Å². The molecule has 0 radical (unpaired) electrons. The maximum Gasteiger partial charge on any atom is 0.255 e. The van der Waals surface area contributed by atoms with Crippen LogP contribution < -0.4 is 20.5 Å². The summed E-state index contributed by atoms with van der Waals surface area (Å²) in [6.45, 7) is 3.63. The maximum atomic E-state index is 13.0. The molecular weight excluding hydrogens is 428 g/mol. The molecule has 1 fully saturated rings. The number of aromatic nitrogens is 3. The number of carbonyl (C=O) groups is 2. The van der Waals surface area contributed by atoms with Gasteiger partial charge in [0.2, 0.25) is 23.7 Å². The third kappa shape index (κ3) is 4.47. The molecule has 1 aliphatic heterocycles. The van der Waals surface area contributed by atoms with E-state index in [-0.39, 0.29) is 17.7 Å². The summed E-state index contributed by atoms with van der Waals surface area (Å²) < 4.78 is 0. The normalized spacial score (nSPS) is 14.2. The Morgan fingerprint density at radius 3 is 2.53 bits per heavy atom. The van der Waals surface area contributed by atoms with E-state index in [0.29, 0.717) is 16.9 Å². The molecular formula is C26H27N6O2+. The molecule has 0 aliphatic carbocycles. The van der Waals surface area contributed by atoms with Crippen LogP contribution >= 0.6 is 0 Å². The number of benzene rings is 2. The Labute approximate surface area is 197 Å². The second kappa shape index (κ2) is 9.35. The molecule has 4 aromatic rings. The number of carbonyl (C=O) groups excluding carboxylic acids is 2. The van der Waals surface area contributed by atoms with Crippen LogP contribution in [0.3, 0.4) is 0 Å². The first-order valence-corrected chi connectivity index (χ1v) is 11.4. The van der Waals surface area contributed by atoms with Gasteiger partial charge in [0.1, 0.15) is 5.39 Å². The molecule has 8 heteroatoms. The van der Waals surface area contributed by atoms with Crippen LogP contribution in [0, 0.1) is 12.8 Å². The standard InChI is InChI=1S/C26H26N6O2/c1-17-15-27-23-22(17)24(29-16-28-23)32-12-10-19(11-13-32)26(34)31-21-9-5-8-20(14-21)30-25(33)18-6-3-2-4-7-18/h2-9,14-16,19H,10-13H2,1H3,(H,30,33)(H,31,34)(H,27,28,29)/p+1. The molecule has 34 heavy (non-hydrogen) atoms. The Morgan fingerprint density at radius 1 is 1.03 bits per heavy atom. The van der Waals surface area contributed by atoms with E-state index in [2.05, 4.69) is 37.4 Å². The molecule has 1 saturated heterocycles. The monoisotopic (exact) mass is 455 g/mol. The van der Waals surface area contributed by atoms with Crippen molar-refractivity contribution in [3.63, 3.8) is 0 Å². The Hall–Kier alpha value is -4.20. The number of nitrogens with one attached hydrogen (secondary N) is 4. The van der Waals surface area contributed by atoms with Gasteiger partial charge in [-0.15, -0.1) is 0 Å². The molecule has 0 unspecified atom stereocenters. The van der Waals surface area contributed by atoms with Crippen LogP contribution in [0.1, 0.15) is 28.8 Å². The second-order valence-electron chi connectivity index (χ2n) is 8.60. The molecule has 4 N–H and O–H groups in total. The first kappa shape index (κ1) is 21.6. The molecule has 0 spiro atoms. The summed E-state index contributed by atoms with van der Waals surface area (Å²) in [4.78, 5) is 38.5. The van der Waals surface area contributed by atoms with Crippen molar-refractivity contribution < 1.29 is 14.6 Å². The van der Waals surface area contributed by atoms with E-state index in [0.717, 1.165) is 48.3 Å². The number of aromatic amines is 2. The largest absolute Gasteiger partial charge is 0.332 e. The van der Waals surface area contributed by atoms with Gasteiger partial charge >= 0.3 is 0 Å². The van der Waals surface area contributed by atoms with E-state index >= 15 is 0 Å². The van der Waals surface area contributed by atoms with E-state index in [1.165, 1.54) is 0 Å². The molecule has 2 aromatic heterocycles. The van der Waals surface area contributed by atoms with Gasteiger partial charge in [-0.2, -0.15) is 0 Å². The minimum atomic E-state index is -0.184. The number of piperidine rings is 1.